The van der Waals surface area contributed by atoms with Crippen molar-refractivity contribution in [2.45, 2.75) is 59.4 Å². The fourth-order valence-corrected chi connectivity index (χ4v) is 11.3. The lowest BCUT2D eigenvalue weighted by atomic mass is 9.51. The van der Waals surface area contributed by atoms with Gasteiger partial charge in [-0.1, -0.05) is 23.3 Å². The Balaban J connectivity index is 1.16. The maximum atomic E-state index is 15.2. The average molecular weight is 751 g/mol. The van der Waals surface area contributed by atoms with Crippen molar-refractivity contribution in [3.63, 3.8) is 0 Å². The highest BCUT2D eigenvalue weighted by Gasteiger charge is 2.68. The number of hydrogen-bond acceptors (Lipinski definition) is 8. The predicted molar refractivity (Wildman–Crippen MR) is 201 cm³/mol. The number of allylic oxidation sites excluding steroid dienone is 3. The van der Waals surface area contributed by atoms with Crippen LogP contribution < -0.4 is 9.64 Å². The second-order valence-electron chi connectivity index (χ2n) is 16.3. The topological polar surface area (TPSA) is 122 Å². The number of rotatable bonds is 3. The largest absolute Gasteiger partial charge is 0.508 e. The Labute approximate surface area is 315 Å². The quantitative estimate of drug-likeness (QED) is 0.172. The van der Waals surface area contributed by atoms with E-state index in [-0.39, 0.29) is 35.8 Å². The van der Waals surface area contributed by atoms with Gasteiger partial charge in [-0.05, 0) is 106 Å². The molecule has 0 spiro atoms. The van der Waals surface area contributed by atoms with E-state index in [9.17, 15) is 19.5 Å². The summed E-state index contributed by atoms with van der Waals surface area (Å²) in [5.74, 6) is -3.03. The van der Waals surface area contributed by atoms with E-state index in [0.717, 1.165) is 37.2 Å². The number of carbonyl (C=O) groups is 4. The van der Waals surface area contributed by atoms with Crippen LogP contribution >= 0.6 is 22.9 Å². The molecule has 1 N–H and O–H groups in total. The second kappa shape index (κ2) is 11.4. The van der Waals surface area contributed by atoms with Gasteiger partial charge in [0.15, 0.2) is 0 Å². The zero-order valence-electron chi connectivity index (χ0n) is 30.3. The number of imide groups is 2. The fraction of sp³-hybridized carbons (Fsp3) is 0.390. The van der Waals surface area contributed by atoms with Gasteiger partial charge in [-0.15, -0.1) is 11.3 Å². The Morgan fingerprint density at radius 1 is 1.02 bits per heavy atom. The molecule has 3 aliphatic heterocycles. The number of nitrogens with zero attached hydrogens (tertiary/aromatic N) is 4. The maximum Gasteiger partial charge on any atom is 0.242 e. The molecule has 6 atom stereocenters. The van der Waals surface area contributed by atoms with Crippen LogP contribution in [0.5, 0.6) is 11.5 Å². The predicted octanol–water partition coefficient (Wildman–Crippen LogP) is 7.35. The monoisotopic (exact) mass is 750 g/mol. The summed E-state index contributed by atoms with van der Waals surface area (Å²) in [6.45, 7) is 9.47. The zero-order chi connectivity index (χ0) is 37.5. The minimum atomic E-state index is -1.24. The number of carbonyl (C=O) groups excluding carboxylic acids is 4. The van der Waals surface area contributed by atoms with Gasteiger partial charge in [0.05, 0.1) is 34.3 Å². The van der Waals surface area contributed by atoms with Crippen LogP contribution in [0.15, 0.2) is 65.9 Å². The molecule has 0 bridgehead atoms. The van der Waals surface area contributed by atoms with E-state index >= 15 is 4.79 Å². The fourth-order valence-electron chi connectivity index (χ4n) is 9.94. The van der Waals surface area contributed by atoms with Crippen LogP contribution in [0.1, 0.15) is 51.7 Å². The molecule has 0 radical (unpaired) electrons. The lowest BCUT2D eigenvalue weighted by molar-refractivity contribution is -0.146. The molecular weight excluding hydrogens is 712 g/mol. The normalized spacial score (nSPS) is 28.1. The van der Waals surface area contributed by atoms with Gasteiger partial charge in [-0.2, -0.15) is 5.10 Å². The van der Waals surface area contributed by atoms with Crippen molar-refractivity contribution < 1.29 is 29.0 Å². The van der Waals surface area contributed by atoms with Gasteiger partial charge < -0.3 is 9.84 Å². The lowest BCUT2D eigenvalue weighted by Crippen LogP contribution is -2.51. The molecule has 4 amide bonds. The standard InChI is InChI=1S/C41H39ClN4O6S/c1-19-26-15-22(42)7-12-31(26)53-35(19)29-17-32(44(6)43-29)45-37(49)28-16-27-24(9-10-25-33(27)38(50)46(36(25)48)40(2,3)4)34(41(28,5)39(45)51)21-13-20-14-23(47)8-11-30(20)52-18-21/h7-9,11-12,14-15,17-18,25,27-28,33-34,47H,10,13,16H2,1-6H3/t25-,27+,28-,33-,34-,41+/m0/s1. The average Bonchev–Trinajstić information content (AvgIpc) is 3.77. The SMILES string of the molecule is Cc1c(-c2cc(N3C(=O)[C@@H]4C[C@@H]5C(=CC[C@@H]6C(=O)N(C(C)(C)C)C(=O)[C@@H]65)[C@H](C5=COc6ccc(O)cc6C5)[C@]4(C)C3=O)n(C)n2)sc2ccc(Cl)cc12. The van der Waals surface area contributed by atoms with Crippen molar-refractivity contribution in [2.75, 3.05) is 4.90 Å². The third-order valence-electron chi connectivity index (χ3n) is 12.3. The third-order valence-corrected chi connectivity index (χ3v) is 13.8. The van der Waals surface area contributed by atoms with Crippen LogP contribution in [-0.2, 0) is 32.6 Å². The van der Waals surface area contributed by atoms with E-state index in [1.54, 1.807) is 53.6 Å². The Morgan fingerprint density at radius 2 is 1.79 bits per heavy atom. The van der Waals surface area contributed by atoms with Gasteiger partial charge in [-0.3, -0.25) is 28.8 Å². The van der Waals surface area contributed by atoms with Crippen molar-refractivity contribution in [1.82, 2.24) is 14.7 Å². The van der Waals surface area contributed by atoms with Crippen LogP contribution in [0.3, 0.4) is 0 Å². The summed E-state index contributed by atoms with van der Waals surface area (Å²) in [5.41, 5.74) is 2.15. The smallest absolute Gasteiger partial charge is 0.242 e. The molecule has 10 nitrogen and oxygen atoms in total. The molecule has 5 heterocycles. The van der Waals surface area contributed by atoms with Gasteiger partial charge in [-0.25, -0.2) is 4.90 Å². The number of fused-ring (bicyclic) bond motifs is 6. The minimum Gasteiger partial charge on any atom is -0.508 e. The van der Waals surface area contributed by atoms with Gasteiger partial charge in [0.25, 0.3) is 0 Å². The molecule has 53 heavy (non-hydrogen) atoms. The van der Waals surface area contributed by atoms with Crippen LogP contribution in [0.2, 0.25) is 5.02 Å². The first-order chi connectivity index (χ1) is 25.1. The van der Waals surface area contributed by atoms with Crippen molar-refractivity contribution in [1.29, 1.82) is 0 Å². The number of phenolic OH excluding ortho intramolecular Hbond substituents is 1. The first kappa shape index (κ1) is 34.1. The number of phenols is 1. The highest BCUT2D eigenvalue weighted by atomic mass is 35.5. The summed E-state index contributed by atoms with van der Waals surface area (Å²) in [4.78, 5) is 61.7. The van der Waals surface area contributed by atoms with Crippen molar-refractivity contribution in [2.24, 2.45) is 42.1 Å². The molecule has 2 aromatic heterocycles. The van der Waals surface area contributed by atoms with Crippen LogP contribution in [-0.4, -0.2) is 49.0 Å². The first-order valence-corrected chi connectivity index (χ1v) is 19.2. The molecule has 2 aliphatic carbocycles. The summed E-state index contributed by atoms with van der Waals surface area (Å²) in [5, 5.41) is 16.8. The molecular formula is C41H39ClN4O6S. The van der Waals surface area contributed by atoms with Gasteiger partial charge >= 0.3 is 0 Å². The molecule has 1 saturated carbocycles. The molecule has 2 saturated heterocycles. The molecule has 2 aromatic carbocycles. The summed E-state index contributed by atoms with van der Waals surface area (Å²) in [7, 11) is 1.73. The van der Waals surface area contributed by atoms with E-state index in [2.05, 4.69) is 0 Å². The number of likely N-dealkylation sites (tertiary alicyclic amines) is 1. The Hall–Kier alpha value is -4.74. The number of aryl methyl sites for hydroxylation is 2. The van der Waals surface area contributed by atoms with E-state index in [1.807, 2.05) is 58.9 Å². The van der Waals surface area contributed by atoms with E-state index in [0.29, 0.717) is 35.1 Å². The third kappa shape index (κ3) is 4.72. The lowest BCUT2D eigenvalue weighted by Gasteiger charge is -2.50. The minimum absolute atomic E-state index is 0.0959. The highest BCUT2D eigenvalue weighted by Crippen LogP contribution is 2.63. The number of benzene rings is 2. The van der Waals surface area contributed by atoms with E-state index in [4.69, 9.17) is 21.4 Å². The number of anilines is 1. The van der Waals surface area contributed by atoms with Gasteiger partial charge in [0.2, 0.25) is 23.6 Å². The number of hydrogen-bond donors (Lipinski definition) is 1. The number of ether oxygens (including phenoxy) is 1. The number of aromatic hydroxyl groups is 1. The van der Waals surface area contributed by atoms with Crippen LogP contribution in [0, 0.1) is 41.9 Å². The van der Waals surface area contributed by atoms with Crippen LogP contribution in [0.4, 0.5) is 5.82 Å². The van der Waals surface area contributed by atoms with Crippen LogP contribution in [0.25, 0.3) is 20.7 Å². The molecule has 5 aliphatic rings. The summed E-state index contributed by atoms with van der Waals surface area (Å²) in [6.07, 6.45) is 4.72. The second-order valence-corrected chi connectivity index (χ2v) is 17.8. The van der Waals surface area contributed by atoms with Gasteiger partial charge in [0, 0.05) is 46.3 Å². The Kier molecular flexibility index (Phi) is 7.31. The van der Waals surface area contributed by atoms with Crippen molar-refractivity contribution >= 4 is 62.5 Å². The van der Waals surface area contributed by atoms with E-state index < -0.39 is 40.5 Å². The molecule has 3 fully saturated rings. The van der Waals surface area contributed by atoms with Crippen molar-refractivity contribution in [3.8, 4) is 22.1 Å². The van der Waals surface area contributed by atoms with E-state index in [1.165, 1.54) is 9.80 Å². The molecule has 12 heteroatoms. The summed E-state index contributed by atoms with van der Waals surface area (Å²) < 4.78 is 8.77. The van der Waals surface area contributed by atoms with Crippen molar-refractivity contribution in [3.05, 3.63) is 82.1 Å². The number of thiophene rings is 1. The molecule has 4 aromatic rings. The maximum absolute atomic E-state index is 15.2. The summed E-state index contributed by atoms with van der Waals surface area (Å²) in [6, 6.07) is 12.5. The number of amides is 4. The molecule has 9 rings (SSSR count). The number of aromatic nitrogens is 2. The highest BCUT2D eigenvalue weighted by molar-refractivity contribution is 7.22. The molecule has 0 unspecified atom stereocenters. The number of halogens is 1. The summed E-state index contributed by atoms with van der Waals surface area (Å²) >= 11 is 7.90. The van der Waals surface area contributed by atoms with Gasteiger partial charge in [0.1, 0.15) is 23.0 Å². The molecule has 272 valence electrons. The Bertz CT molecular complexity index is 2400. The Morgan fingerprint density at radius 3 is 2.55 bits per heavy atom. The first-order valence-electron chi connectivity index (χ1n) is 18.0. The zero-order valence-corrected chi connectivity index (χ0v) is 31.8.